The third kappa shape index (κ3) is 4.44. The van der Waals surface area contributed by atoms with Gasteiger partial charge in [0.05, 0.1) is 0 Å². The summed E-state index contributed by atoms with van der Waals surface area (Å²) < 4.78 is 0. The van der Waals surface area contributed by atoms with E-state index in [1.807, 2.05) is 54.6 Å². The zero-order valence-electron chi connectivity index (χ0n) is 15.7. The first-order valence-corrected chi connectivity index (χ1v) is 9.08. The molecule has 2 aromatic carbocycles. The van der Waals surface area contributed by atoms with Crippen LogP contribution in [0.4, 0.5) is 0 Å². The molecule has 2 aromatic rings. The van der Waals surface area contributed by atoms with Crippen LogP contribution < -0.4 is 5.11 Å². The largest absolute Gasteiger partial charge is 2.00 e. The molecule has 0 bridgehead atoms. The number of hydrogen-bond acceptors (Lipinski definition) is 1. The number of allylic oxidation sites excluding steroid dienone is 6. The van der Waals surface area contributed by atoms with Crippen LogP contribution in [-0.2, 0) is 17.1 Å². The molecular formula is C24H26FeO. The number of benzene rings is 1. The Balaban J connectivity index is 0.000000351. The van der Waals surface area contributed by atoms with Gasteiger partial charge in [-0.3, -0.25) is 0 Å². The fraction of sp³-hybridized carbons (Fsp3) is 0.292. The third-order valence-corrected chi connectivity index (χ3v) is 5.22. The van der Waals surface area contributed by atoms with E-state index in [1.165, 1.54) is 22.3 Å². The molecule has 0 N–H and O–H groups in total. The van der Waals surface area contributed by atoms with E-state index >= 15 is 0 Å². The van der Waals surface area contributed by atoms with Crippen molar-refractivity contribution in [2.45, 2.75) is 39.5 Å². The smallest absolute Gasteiger partial charge is 0.875 e. The van der Waals surface area contributed by atoms with Gasteiger partial charge in [-0.15, -0.1) is 5.76 Å². The topological polar surface area (TPSA) is 23.1 Å². The van der Waals surface area contributed by atoms with Crippen molar-refractivity contribution in [2.24, 2.45) is 5.92 Å². The van der Waals surface area contributed by atoms with Crippen LogP contribution in [0.25, 0.3) is 0 Å². The number of hydrogen-bond donors (Lipinski definition) is 0. The Morgan fingerprint density at radius 2 is 1.54 bits per heavy atom. The molecule has 0 spiro atoms. The van der Waals surface area contributed by atoms with Gasteiger partial charge < -0.3 is 5.11 Å². The average Bonchev–Trinajstić information content (AvgIpc) is 3.24. The molecule has 0 heterocycles. The fourth-order valence-corrected chi connectivity index (χ4v) is 4.01. The summed E-state index contributed by atoms with van der Waals surface area (Å²) in [6.07, 6.45) is 9.94. The van der Waals surface area contributed by atoms with Crippen LogP contribution >= 0.6 is 0 Å². The SMILES string of the molecule is Cc1cc(C)c(C2CCC2C([O-])=C2C=CC=C2)c(C)c1.[Fe+2].c1cc[cH-]c1. The average molecular weight is 386 g/mol. The van der Waals surface area contributed by atoms with Crippen molar-refractivity contribution < 1.29 is 22.2 Å². The van der Waals surface area contributed by atoms with Gasteiger partial charge in [-0.1, -0.05) is 42.0 Å². The summed E-state index contributed by atoms with van der Waals surface area (Å²) in [6.45, 7) is 6.49. The van der Waals surface area contributed by atoms with Gasteiger partial charge in [0, 0.05) is 0 Å². The summed E-state index contributed by atoms with van der Waals surface area (Å²) in [4.78, 5) is 0. The molecule has 0 aromatic heterocycles. The Bertz CT molecular complexity index is 755. The Hall–Kier alpha value is -1.89. The van der Waals surface area contributed by atoms with Gasteiger partial charge in [0.15, 0.2) is 0 Å². The normalized spacial score (nSPS) is 20.0. The van der Waals surface area contributed by atoms with E-state index in [2.05, 4.69) is 32.9 Å². The van der Waals surface area contributed by atoms with Crippen molar-refractivity contribution in [2.75, 3.05) is 0 Å². The van der Waals surface area contributed by atoms with Crippen molar-refractivity contribution in [3.05, 3.63) is 100 Å². The second kappa shape index (κ2) is 9.16. The molecule has 0 aliphatic heterocycles. The Morgan fingerprint density at radius 1 is 0.962 bits per heavy atom. The molecule has 2 aliphatic rings. The third-order valence-electron chi connectivity index (χ3n) is 5.22. The maximum atomic E-state index is 12.6. The Kier molecular flexibility index (Phi) is 7.20. The zero-order valence-corrected chi connectivity index (χ0v) is 16.8. The van der Waals surface area contributed by atoms with E-state index in [9.17, 15) is 5.11 Å². The van der Waals surface area contributed by atoms with Gasteiger partial charge in [-0.25, -0.2) is 12.1 Å². The number of aryl methyl sites for hydroxylation is 3. The van der Waals surface area contributed by atoms with Crippen molar-refractivity contribution in [1.82, 2.24) is 0 Å². The molecule has 1 fully saturated rings. The first kappa shape index (κ1) is 20.4. The molecule has 0 saturated heterocycles. The summed E-state index contributed by atoms with van der Waals surface area (Å²) in [5.41, 5.74) is 6.27. The zero-order chi connectivity index (χ0) is 17.8. The van der Waals surface area contributed by atoms with Gasteiger partial charge in [0.1, 0.15) is 0 Å². The minimum atomic E-state index is 0. The molecule has 0 radical (unpaired) electrons. The summed E-state index contributed by atoms with van der Waals surface area (Å²) in [7, 11) is 0. The first-order valence-electron chi connectivity index (χ1n) is 9.08. The summed E-state index contributed by atoms with van der Waals surface area (Å²) in [6, 6.07) is 14.5. The minimum absolute atomic E-state index is 0. The molecule has 4 rings (SSSR count). The van der Waals surface area contributed by atoms with Crippen LogP contribution in [0.5, 0.6) is 0 Å². The molecule has 2 atom stereocenters. The fourth-order valence-electron chi connectivity index (χ4n) is 4.01. The van der Waals surface area contributed by atoms with Crippen molar-refractivity contribution in [3.63, 3.8) is 0 Å². The van der Waals surface area contributed by atoms with Crippen molar-refractivity contribution >= 4 is 0 Å². The van der Waals surface area contributed by atoms with Gasteiger partial charge in [-0.2, -0.15) is 18.2 Å². The van der Waals surface area contributed by atoms with E-state index in [4.69, 9.17) is 0 Å². The van der Waals surface area contributed by atoms with Gasteiger partial charge >= 0.3 is 17.1 Å². The second-order valence-electron chi connectivity index (χ2n) is 7.10. The van der Waals surface area contributed by atoms with Crippen LogP contribution in [0.1, 0.15) is 41.0 Å². The Morgan fingerprint density at radius 3 is 1.96 bits per heavy atom. The van der Waals surface area contributed by atoms with Crippen molar-refractivity contribution in [1.29, 1.82) is 0 Å². The Labute approximate surface area is 168 Å². The predicted molar refractivity (Wildman–Crippen MR) is 103 cm³/mol. The molecule has 2 unspecified atom stereocenters. The maximum Gasteiger partial charge on any atom is 2.00 e. The molecule has 2 aliphatic carbocycles. The molecule has 2 heteroatoms. The molecular weight excluding hydrogens is 360 g/mol. The van der Waals surface area contributed by atoms with Crippen LogP contribution in [0.15, 0.2) is 78.1 Å². The molecule has 26 heavy (non-hydrogen) atoms. The van der Waals surface area contributed by atoms with Crippen molar-refractivity contribution in [3.8, 4) is 0 Å². The standard InChI is InChI=1S/C19H22O.C5H5.Fe/c1-12-10-13(2)18(14(3)11-12)16-8-9-17(16)19(20)15-6-4-5-7-15;1-2-4-5-3-1;/h4-7,10-11,16-17,20H,8-9H2,1-3H3;1-5H;/q;-1;+2/p-1. The van der Waals surface area contributed by atoms with Crippen LogP contribution in [0, 0.1) is 26.7 Å². The molecule has 1 nitrogen and oxygen atoms in total. The summed E-state index contributed by atoms with van der Waals surface area (Å²) >= 11 is 0. The van der Waals surface area contributed by atoms with Crippen LogP contribution in [-0.4, -0.2) is 0 Å². The van der Waals surface area contributed by atoms with Gasteiger partial charge in [0.2, 0.25) is 0 Å². The van der Waals surface area contributed by atoms with E-state index in [-0.39, 0.29) is 23.0 Å². The molecule has 0 amide bonds. The van der Waals surface area contributed by atoms with Gasteiger partial charge in [0.25, 0.3) is 0 Å². The summed E-state index contributed by atoms with van der Waals surface area (Å²) in [5.74, 6) is 0.918. The van der Waals surface area contributed by atoms with E-state index in [0.717, 1.165) is 18.4 Å². The van der Waals surface area contributed by atoms with E-state index in [1.54, 1.807) is 0 Å². The molecule has 1 saturated carbocycles. The predicted octanol–water partition coefficient (Wildman–Crippen LogP) is 5.25. The van der Waals surface area contributed by atoms with E-state index in [0.29, 0.717) is 11.7 Å². The molecule has 136 valence electrons. The van der Waals surface area contributed by atoms with Gasteiger partial charge in [-0.05, 0) is 67.7 Å². The minimum Gasteiger partial charge on any atom is -0.875 e. The second-order valence-corrected chi connectivity index (χ2v) is 7.10. The van der Waals surface area contributed by atoms with Crippen LogP contribution in [0.3, 0.4) is 0 Å². The monoisotopic (exact) mass is 386 g/mol. The number of rotatable bonds is 2. The quantitative estimate of drug-likeness (QED) is 0.393. The maximum absolute atomic E-state index is 12.6. The van der Waals surface area contributed by atoms with Crippen LogP contribution in [0.2, 0.25) is 0 Å². The first-order chi connectivity index (χ1) is 12.1. The summed E-state index contributed by atoms with van der Waals surface area (Å²) in [5, 5.41) is 12.6. The van der Waals surface area contributed by atoms with E-state index < -0.39 is 0 Å².